The number of carbonyl (C=O) groups is 1. The molecule has 0 atom stereocenters. The summed E-state index contributed by atoms with van der Waals surface area (Å²) in [7, 11) is 0. The number of aromatic nitrogens is 2. The molecule has 2 heterocycles. The Labute approximate surface area is 136 Å². The first kappa shape index (κ1) is 15.7. The van der Waals surface area contributed by atoms with Gasteiger partial charge in [0, 0.05) is 31.1 Å². The van der Waals surface area contributed by atoms with Gasteiger partial charge in [0.2, 0.25) is 0 Å². The quantitative estimate of drug-likeness (QED) is 0.853. The summed E-state index contributed by atoms with van der Waals surface area (Å²) >= 11 is 1.83. The third-order valence-corrected chi connectivity index (χ3v) is 4.74. The van der Waals surface area contributed by atoms with Crippen LogP contribution in [0.2, 0.25) is 0 Å². The van der Waals surface area contributed by atoms with Crippen molar-refractivity contribution in [1.29, 1.82) is 0 Å². The Kier molecular flexibility index (Phi) is 4.71. The molecule has 0 radical (unpaired) electrons. The molecule has 2 N–H and O–H groups in total. The fraction of sp³-hybridized carbons (Fsp3) is 0.400. The summed E-state index contributed by atoms with van der Waals surface area (Å²) in [5.41, 5.74) is -0.566. The average Bonchev–Trinajstić information content (AvgIpc) is 2.60. The lowest BCUT2D eigenvalue weighted by atomic mass is 10.2. The van der Waals surface area contributed by atoms with E-state index in [1.165, 1.54) is 4.68 Å². The van der Waals surface area contributed by atoms with Gasteiger partial charge in [0.05, 0.1) is 17.3 Å². The second-order valence-corrected chi connectivity index (χ2v) is 6.50. The fourth-order valence-electron chi connectivity index (χ4n) is 2.56. The smallest absolute Gasteiger partial charge is 0.317 e. The summed E-state index contributed by atoms with van der Waals surface area (Å²) < 4.78 is 1.25. The predicted molar refractivity (Wildman–Crippen MR) is 91.1 cm³/mol. The zero-order valence-corrected chi connectivity index (χ0v) is 13.4. The van der Waals surface area contributed by atoms with Crippen LogP contribution in [0.15, 0.2) is 33.9 Å². The van der Waals surface area contributed by atoms with Gasteiger partial charge in [-0.05, 0) is 12.1 Å². The highest BCUT2D eigenvalue weighted by Gasteiger charge is 2.16. The van der Waals surface area contributed by atoms with E-state index in [-0.39, 0.29) is 30.2 Å². The van der Waals surface area contributed by atoms with Crippen molar-refractivity contribution in [2.75, 3.05) is 31.1 Å². The number of rotatable bonds is 3. The first-order chi connectivity index (χ1) is 11.2. The van der Waals surface area contributed by atoms with Crippen molar-refractivity contribution in [2.45, 2.75) is 6.54 Å². The van der Waals surface area contributed by atoms with E-state index >= 15 is 0 Å². The van der Waals surface area contributed by atoms with Crippen LogP contribution in [0.5, 0.6) is 0 Å². The summed E-state index contributed by atoms with van der Waals surface area (Å²) in [4.78, 5) is 38.1. The number of urea groups is 1. The second-order valence-electron chi connectivity index (χ2n) is 5.27. The molecule has 0 saturated carbocycles. The standard InChI is InChI=1S/C15H18N4O3S/c20-13-11-3-1-2-4-12(11)14(21)19(17-13)6-5-16-15(22)18-7-9-23-10-8-18/h1-4H,5-10H2,(H,16,22)(H,17,20). The number of fused-ring (bicyclic) bond motifs is 1. The van der Waals surface area contributed by atoms with Crippen LogP contribution in [-0.4, -0.2) is 51.9 Å². The van der Waals surface area contributed by atoms with Gasteiger partial charge in [0.15, 0.2) is 0 Å². The van der Waals surface area contributed by atoms with Crippen LogP contribution in [0.1, 0.15) is 0 Å². The van der Waals surface area contributed by atoms with Gasteiger partial charge in [-0.25, -0.2) is 9.48 Å². The maximum absolute atomic E-state index is 12.3. The molecule has 1 aliphatic rings. The second kappa shape index (κ2) is 6.91. The molecule has 0 aliphatic carbocycles. The number of thioether (sulfide) groups is 1. The maximum atomic E-state index is 12.3. The van der Waals surface area contributed by atoms with Crippen LogP contribution in [0.3, 0.4) is 0 Å². The third kappa shape index (κ3) is 3.42. The van der Waals surface area contributed by atoms with E-state index in [9.17, 15) is 14.4 Å². The minimum Gasteiger partial charge on any atom is -0.336 e. The minimum absolute atomic E-state index is 0.124. The number of hydrogen-bond donors (Lipinski definition) is 2. The molecule has 1 aromatic carbocycles. The van der Waals surface area contributed by atoms with Gasteiger partial charge in [0.1, 0.15) is 0 Å². The lowest BCUT2D eigenvalue weighted by Crippen LogP contribution is -2.45. The van der Waals surface area contributed by atoms with Gasteiger partial charge < -0.3 is 10.2 Å². The zero-order chi connectivity index (χ0) is 16.2. The molecule has 1 aromatic heterocycles. The number of amides is 2. The first-order valence-corrected chi connectivity index (χ1v) is 8.64. The average molecular weight is 334 g/mol. The number of benzene rings is 1. The summed E-state index contributed by atoms with van der Waals surface area (Å²) in [6, 6.07) is 6.58. The molecule has 0 spiro atoms. The molecule has 1 saturated heterocycles. The Morgan fingerprint density at radius 3 is 2.61 bits per heavy atom. The van der Waals surface area contributed by atoms with Crippen LogP contribution in [-0.2, 0) is 6.54 Å². The van der Waals surface area contributed by atoms with E-state index in [1.807, 2.05) is 11.8 Å². The van der Waals surface area contributed by atoms with Crippen LogP contribution < -0.4 is 16.4 Å². The Morgan fingerprint density at radius 1 is 1.17 bits per heavy atom. The molecular weight excluding hydrogens is 316 g/mol. The van der Waals surface area contributed by atoms with E-state index < -0.39 is 0 Å². The van der Waals surface area contributed by atoms with Crippen LogP contribution in [0.25, 0.3) is 10.8 Å². The molecule has 2 amide bonds. The monoisotopic (exact) mass is 334 g/mol. The Bertz CT molecular complexity index is 823. The van der Waals surface area contributed by atoms with Crippen molar-refractivity contribution >= 4 is 28.6 Å². The number of H-pyrrole nitrogens is 1. The molecule has 8 heteroatoms. The van der Waals surface area contributed by atoms with E-state index in [0.29, 0.717) is 10.8 Å². The van der Waals surface area contributed by atoms with E-state index in [2.05, 4.69) is 10.4 Å². The maximum Gasteiger partial charge on any atom is 0.317 e. The molecule has 7 nitrogen and oxygen atoms in total. The van der Waals surface area contributed by atoms with E-state index in [4.69, 9.17) is 0 Å². The number of carbonyl (C=O) groups excluding carboxylic acids is 1. The Balaban J connectivity index is 1.68. The van der Waals surface area contributed by atoms with Crippen molar-refractivity contribution in [3.05, 3.63) is 45.0 Å². The van der Waals surface area contributed by atoms with Crippen molar-refractivity contribution in [3.63, 3.8) is 0 Å². The first-order valence-electron chi connectivity index (χ1n) is 7.49. The lowest BCUT2D eigenvalue weighted by Gasteiger charge is -2.26. The summed E-state index contributed by atoms with van der Waals surface area (Å²) in [5.74, 6) is 1.90. The van der Waals surface area contributed by atoms with Crippen LogP contribution in [0.4, 0.5) is 4.79 Å². The van der Waals surface area contributed by atoms with E-state index in [0.717, 1.165) is 24.6 Å². The van der Waals surface area contributed by atoms with Gasteiger partial charge in [-0.15, -0.1) is 0 Å². The topological polar surface area (TPSA) is 87.2 Å². The number of nitrogens with one attached hydrogen (secondary N) is 2. The van der Waals surface area contributed by atoms with Gasteiger partial charge in [-0.1, -0.05) is 12.1 Å². The number of hydrogen-bond acceptors (Lipinski definition) is 4. The van der Waals surface area contributed by atoms with Gasteiger partial charge in [-0.3, -0.25) is 14.7 Å². The molecule has 122 valence electrons. The largest absolute Gasteiger partial charge is 0.336 e. The van der Waals surface area contributed by atoms with Crippen molar-refractivity contribution in [1.82, 2.24) is 20.0 Å². The van der Waals surface area contributed by atoms with Gasteiger partial charge >= 0.3 is 6.03 Å². The molecular formula is C15H18N4O3S. The summed E-state index contributed by atoms with van der Waals surface area (Å²) in [5, 5.41) is 6.11. The molecule has 2 aromatic rings. The molecule has 0 bridgehead atoms. The SMILES string of the molecule is O=C(NCCn1[nH]c(=O)c2ccccc2c1=O)N1CCSCC1. The molecule has 1 aliphatic heterocycles. The predicted octanol–water partition coefficient (Wildman–Crippen LogP) is 0.448. The molecule has 3 rings (SSSR count). The highest BCUT2D eigenvalue weighted by molar-refractivity contribution is 7.99. The normalized spacial score (nSPS) is 14.9. The van der Waals surface area contributed by atoms with Gasteiger partial charge in [0.25, 0.3) is 11.1 Å². The molecule has 0 unspecified atom stereocenters. The van der Waals surface area contributed by atoms with Crippen molar-refractivity contribution in [2.24, 2.45) is 0 Å². The minimum atomic E-state index is -0.306. The molecule has 23 heavy (non-hydrogen) atoms. The number of nitrogens with zero attached hydrogens (tertiary/aromatic N) is 2. The van der Waals surface area contributed by atoms with Crippen molar-refractivity contribution < 1.29 is 4.79 Å². The Hall–Kier alpha value is -2.22. The lowest BCUT2D eigenvalue weighted by molar-refractivity contribution is 0.202. The Morgan fingerprint density at radius 2 is 1.87 bits per heavy atom. The third-order valence-electron chi connectivity index (χ3n) is 3.79. The van der Waals surface area contributed by atoms with Gasteiger partial charge in [-0.2, -0.15) is 11.8 Å². The summed E-state index contributed by atoms with van der Waals surface area (Å²) in [6.45, 7) is 2.00. The molecule has 1 fully saturated rings. The fourth-order valence-corrected chi connectivity index (χ4v) is 3.46. The van der Waals surface area contributed by atoms with E-state index in [1.54, 1.807) is 29.2 Å². The summed E-state index contributed by atoms with van der Waals surface area (Å²) in [6.07, 6.45) is 0. The van der Waals surface area contributed by atoms with Crippen LogP contribution in [0, 0.1) is 0 Å². The van der Waals surface area contributed by atoms with Crippen molar-refractivity contribution in [3.8, 4) is 0 Å². The highest BCUT2D eigenvalue weighted by Crippen LogP contribution is 2.08. The highest BCUT2D eigenvalue weighted by atomic mass is 32.2. The van der Waals surface area contributed by atoms with Crippen LogP contribution >= 0.6 is 11.8 Å². The zero-order valence-electron chi connectivity index (χ0n) is 12.6. The number of aromatic amines is 1.